The molecule has 1 aromatic rings. The summed E-state index contributed by atoms with van der Waals surface area (Å²) in [6.45, 7) is 8.42. The molecule has 1 rings (SSSR count). The van der Waals surface area contributed by atoms with E-state index in [1.165, 1.54) is 15.3 Å². The van der Waals surface area contributed by atoms with Crippen LogP contribution in [0.5, 0.6) is 0 Å². The van der Waals surface area contributed by atoms with Crippen LogP contribution in [-0.2, 0) is 11.2 Å². The molecule has 16 heavy (non-hydrogen) atoms. The summed E-state index contributed by atoms with van der Waals surface area (Å²) in [7, 11) is 1.76. The molecule has 2 nitrogen and oxygen atoms in total. The van der Waals surface area contributed by atoms with Crippen LogP contribution >= 0.6 is 11.3 Å². The summed E-state index contributed by atoms with van der Waals surface area (Å²) >= 11 is 1.89. The number of rotatable bonds is 7. The van der Waals surface area contributed by atoms with Gasteiger partial charge in [-0.15, -0.1) is 11.3 Å². The van der Waals surface area contributed by atoms with Gasteiger partial charge in [0.25, 0.3) is 0 Å². The van der Waals surface area contributed by atoms with Crippen LogP contribution in [0.15, 0.2) is 6.07 Å². The maximum absolute atomic E-state index is 5.17. The fraction of sp³-hybridized carbons (Fsp3) is 0.692. The van der Waals surface area contributed by atoms with Crippen LogP contribution in [-0.4, -0.2) is 26.3 Å². The molecule has 0 fully saturated rings. The Labute approximate surface area is 103 Å². The Kier molecular flexibility index (Phi) is 6.03. The fourth-order valence-corrected chi connectivity index (χ4v) is 2.84. The second-order valence-electron chi connectivity index (χ2n) is 4.20. The molecular weight excluding hydrogens is 218 g/mol. The SMILES string of the molecule is CCC(COC)NCCc1cc(C)sc1C. The summed E-state index contributed by atoms with van der Waals surface area (Å²) in [5.41, 5.74) is 1.49. The van der Waals surface area contributed by atoms with Gasteiger partial charge in [-0.3, -0.25) is 0 Å². The standard InChI is InChI=1S/C13H23NOS/c1-5-13(9-15-4)14-7-6-12-8-10(2)16-11(12)3/h8,13-14H,5-7,9H2,1-4H3. The third-order valence-electron chi connectivity index (χ3n) is 2.83. The maximum atomic E-state index is 5.17. The van der Waals surface area contributed by atoms with Gasteiger partial charge in [-0.05, 0) is 44.9 Å². The molecule has 0 amide bonds. The van der Waals surface area contributed by atoms with Crippen molar-refractivity contribution in [1.82, 2.24) is 5.32 Å². The molecule has 0 aliphatic rings. The zero-order valence-electron chi connectivity index (χ0n) is 10.8. The molecule has 0 spiro atoms. The van der Waals surface area contributed by atoms with Crippen molar-refractivity contribution in [3.05, 3.63) is 21.4 Å². The first-order valence-corrected chi connectivity index (χ1v) is 6.77. The first kappa shape index (κ1) is 13.7. The van der Waals surface area contributed by atoms with Crippen LogP contribution in [0.3, 0.4) is 0 Å². The van der Waals surface area contributed by atoms with Crippen LogP contribution in [0.1, 0.15) is 28.7 Å². The van der Waals surface area contributed by atoms with Gasteiger partial charge in [0.05, 0.1) is 6.61 Å². The van der Waals surface area contributed by atoms with Crippen molar-refractivity contribution >= 4 is 11.3 Å². The lowest BCUT2D eigenvalue weighted by Crippen LogP contribution is -2.34. The van der Waals surface area contributed by atoms with Crippen molar-refractivity contribution in [1.29, 1.82) is 0 Å². The molecule has 3 heteroatoms. The highest BCUT2D eigenvalue weighted by atomic mass is 32.1. The number of methoxy groups -OCH3 is 1. The summed E-state index contributed by atoms with van der Waals surface area (Å²) in [6.07, 6.45) is 2.24. The van der Waals surface area contributed by atoms with E-state index in [-0.39, 0.29) is 0 Å². The lowest BCUT2D eigenvalue weighted by Gasteiger charge is -2.15. The monoisotopic (exact) mass is 241 g/mol. The van der Waals surface area contributed by atoms with Crippen molar-refractivity contribution < 1.29 is 4.74 Å². The molecule has 1 atom stereocenters. The average molecular weight is 241 g/mol. The highest BCUT2D eigenvalue weighted by Gasteiger charge is 2.06. The Morgan fingerprint density at radius 1 is 1.44 bits per heavy atom. The first-order chi connectivity index (χ1) is 7.67. The smallest absolute Gasteiger partial charge is 0.0615 e. The van der Waals surface area contributed by atoms with E-state index in [0.717, 1.165) is 26.0 Å². The largest absolute Gasteiger partial charge is 0.383 e. The predicted octanol–water partition coefficient (Wildman–Crippen LogP) is 2.92. The molecule has 0 aromatic carbocycles. The Morgan fingerprint density at radius 2 is 2.19 bits per heavy atom. The van der Waals surface area contributed by atoms with Crippen LogP contribution in [0.25, 0.3) is 0 Å². The molecule has 92 valence electrons. The van der Waals surface area contributed by atoms with Gasteiger partial charge >= 0.3 is 0 Å². The second-order valence-corrected chi connectivity index (χ2v) is 5.66. The van der Waals surface area contributed by atoms with E-state index < -0.39 is 0 Å². The van der Waals surface area contributed by atoms with Gasteiger partial charge < -0.3 is 10.1 Å². The number of hydrogen-bond acceptors (Lipinski definition) is 3. The quantitative estimate of drug-likeness (QED) is 0.792. The molecule has 1 unspecified atom stereocenters. The van der Waals surface area contributed by atoms with Crippen LogP contribution in [0.2, 0.25) is 0 Å². The highest BCUT2D eigenvalue weighted by Crippen LogP contribution is 2.20. The van der Waals surface area contributed by atoms with Gasteiger partial charge in [0, 0.05) is 22.9 Å². The van der Waals surface area contributed by atoms with Crippen molar-refractivity contribution in [2.75, 3.05) is 20.3 Å². The average Bonchev–Trinajstić information content (AvgIpc) is 2.56. The topological polar surface area (TPSA) is 21.3 Å². The molecule has 0 aliphatic heterocycles. The Morgan fingerprint density at radius 3 is 2.69 bits per heavy atom. The van der Waals surface area contributed by atoms with E-state index in [4.69, 9.17) is 4.74 Å². The molecule has 1 heterocycles. The fourth-order valence-electron chi connectivity index (χ4n) is 1.86. The third-order valence-corrected chi connectivity index (χ3v) is 3.84. The van der Waals surface area contributed by atoms with Crippen LogP contribution in [0.4, 0.5) is 0 Å². The molecule has 0 bridgehead atoms. The lowest BCUT2D eigenvalue weighted by molar-refractivity contribution is 0.165. The minimum atomic E-state index is 0.491. The molecule has 0 aliphatic carbocycles. The van der Waals surface area contributed by atoms with Gasteiger partial charge in [-0.1, -0.05) is 6.92 Å². The van der Waals surface area contributed by atoms with Gasteiger partial charge in [-0.25, -0.2) is 0 Å². The molecule has 1 aromatic heterocycles. The normalized spacial score (nSPS) is 13.0. The van der Waals surface area contributed by atoms with E-state index >= 15 is 0 Å². The number of thiophene rings is 1. The molecule has 0 saturated heterocycles. The summed E-state index contributed by atoms with van der Waals surface area (Å²) in [5, 5.41) is 3.53. The van der Waals surface area contributed by atoms with E-state index in [1.807, 2.05) is 11.3 Å². The lowest BCUT2D eigenvalue weighted by atomic mass is 10.1. The van der Waals surface area contributed by atoms with E-state index in [9.17, 15) is 0 Å². The maximum Gasteiger partial charge on any atom is 0.0615 e. The Balaban J connectivity index is 2.32. The van der Waals surface area contributed by atoms with Crippen molar-refractivity contribution in [2.45, 2.75) is 39.7 Å². The Hall–Kier alpha value is -0.380. The summed E-state index contributed by atoms with van der Waals surface area (Å²) in [4.78, 5) is 2.87. The van der Waals surface area contributed by atoms with Gasteiger partial charge in [0.2, 0.25) is 0 Å². The second kappa shape index (κ2) is 7.05. The zero-order chi connectivity index (χ0) is 12.0. The third kappa shape index (κ3) is 4.24. The minimum Gasteiger partial charge on any atom is -0.383 e. The number of hydrogen-bond donors (Lipinski definition) is 1. The number of ether oxygens (including phenoxy) is 1. The number of aryl methyl sites for hydroxylation is 2. The molecule has 0 radical (unpaired) electrons. The predicted molar refractivity (Wildman–Crippen MR) is 71.5 cm³/mol. The van der Waals surface area contributed by atoms with Crippen molar-refractivity contribution in [3.8, 4) is 0 Å². The minimum absolute atomic E-state index is 0.491. The Bertz CT molecular complexity index is 309. The summed E-state index contributed by atoms with van der Waals surface area (Å²) in [5.74, 6) is 0. The van der Waals surface area contributed by atoms with E-state index in [0.29, 0.717) is 6.04 Å². The van der Waals surface area contributed by atoms with Gasteiger partial charge in [-0.2, -0.15) is 0 Å². The van der Waals surface area contributed by atoms with Gasteiger partial charge in [0.15, 0.2) is 0 Å². The zero-order valence-corrected chi connectivity index (χ0v) is 11.6. The van der Waals surface area contributed by atoms with Crippen LogP contribution < -0.4 is 5.32 Å². The summed E-state index contributed by atoms with van der Waals surface area (Å²) < 4.78 is 5.17. The van der Waals surface area contributed by atoms with E-state index in [2.05, 4.69) is 32.2 Å². The van der Waals surface area contributed by atoms with E-state index in [1.54, 1.807) is 7.11 Å². The molecule has 0 saturated carbocycles. The number of nitrogens with one attached hydrogen (secondary N) is 1. The van der Waals surface area contributed by atoms with Crippen molar-refractivity contribution in [3.63, 3.8) is 0 Å². The van der Waals surface area contributed by atoms with Crippen LogP contribution in [0, 0.1) is 13.8 Å². The van der Waals surface area contributed by atoms with Gasteiger partial charge in [0.1, 0.15) is 0 Å². The highest BCUT2D eigenvalue weighted by molar-refractivity contribution is 7.12. The molecular formula is C13H23NOS. The molecule has 1 N–H and O–H groups in total. The first-order valence-electron chi connectivity index (χ1n) is 5.95. The van der Waals surface area contributed by atoms with Crippen molar-refractivity contribution in [2.24, 2.45) is 0 Å². The summed E-state index contributed by atoms with van der Waals surface area (Å²) in [6, 6.07) is 2.80.